The van der Waals surface area contributed by atoms with Gasteiger partial charge >= 0.3 is 5.97 Å². The van der Waals surface area contributed by atoms with E-state index in [-0.39, 0.29) is 29.6 Å². The molecule has 0 spiro atoms. The number of esters is 1. The van der Waals surface area contributed by atoms with Gasteiger partial charge < -0.3 is 15.4 Å². The molecule has 5 heteroatoms. The molecule has 1 saturated heterocycles. The molecule has 0 aliphatic carbocycles. The van der Waals surface area contributed by atoms with Crippen LogP contribution in [0.15, 0.2) is 0 Å². The highest BCUT2D eigenvalue weighted by Crippen LogP contribution is 2.34. The van der Waals surface area contributed by atoms with Gasteiger partial charge in [-0.1, -0.05) is 13.8 Å². The predicted molar refractivity (Wildman–Crippen MR) is 64.4 cm³/mol. The van der Waals surface area contributed by atoms with Crippen LogP contribution in [-0.4, -0.2) is 38.6 Å². The molecule has 17 heavy (non-hydrogen) atoms. The normalized spacial score (nSPS) is 23.8. The Morgan fingerprint density at radius 3 is 2.65 bits per heavy atom. The second-order valence-corrected chi connectivity index (χ2v) is 4.82. The van der Waals surface area contributed by atoms with Crippen molar-refractivity contribution in [2.45, 2.75) is 26.7 Å². The van der Waals surface area contributed by atoms with Gasteiger partial charge in [-0.15, -0.1) is 0 Å². The lowest BCUT2D eigenvalue weighted by molar-refractivity contribution is -0.140. The molecule has 1 atom stereocenters. The quantitative estimate of drug-likeness (QED) is 0.681. The molecule has 0 aromatic carbocycles. The third-order valence-electron chi connectivity index (χ3n) is 3.59. The van der Waals surface area contributed by atoms with Crippen LogP contribution in [0.25, 0.3) is 0 Å². The number of rotatable bonds is 5. The van der Waals surface area contributed by atoms with Crippen LogP contribution in [0.5, 0.6) is 0 Å². The highest BCUT2D eigenvalue weighted by Gasteiger charge is 2.43. The van der Waals surface area contributed by atoms with Crippen molar-refractivity contribution < 1.29 is 14.3 Å². The van der Waals surface area contributed by atoms with Gasteiger partial charge in [0.15, 0.2) is 0 Å². The minimum Gasteiger partial charge on any atom is -0.469 e. The zero-order valence-electron chi connectivity index (χ0n) is 10.8. The van der Waals surface area contributed by atoms with Crippen molar-refractivity contribution in [1.29, 1.82) is 0 Å². The highest BCUT2D eigenvalue weighted by molar-refractivity contribution is 5.84. The lowest BCUT2D eigenvalue weighted by Gasteiger charge is -2.31. The van der Waals surface area contributed by atoms with E-state index >= 15 is 0 Å². The molecule has 5 nitrogen and oxygen atoms in total. The van der Waals surface area contributed by atoms with E-state index in [0.29, 0.717) is 13.1 Å². The summed E-state index contributed by atoms with van der Waals surface area (Å²) in [5.41, 5.74) is -0.323. The molecule has 1 unspecified atom stereocenters. The molecule has 0 aromatic rings. The first-order chi connectivity index (χ1) is 8.03. The molecule has 1 rings (SSSR count). The molecule has 1 aliphatic heterocycles. The maximum atomic E-state index is 12.2. The molecule has 1 aliphatic rings. The van der Waals surface area contributed by atoms with E-state index in [2.05, 4.69) is 29.2 Å². The van der Waals surface area contributed by atoms with Crippen LogP contribution in [0.2, 0.25) is 0 Å². The van der Waals surface area contributed by atoms with E-state index in [0.717, 1.165) is 13.0 Å². The molecule has 0 aromatic heterocycles. The number of methoxy groups -OCH3 is 1. The van der Waals surface area contributed by atoms with E-state index in [4.69, 9.17) is 0 Å². The molecular formula is C12H22N2O3. The van der Waals surface area contributed by atoms with E-state index in [1.165, 1.54) is 7.11 Å². The number of carbonyl (C=O) groups excluding carboxylic acids is 2. The van der Waals surface area contributed by atoms with Crippen LogP contribution in [0.3, 0.4) is 0 Å². The molecule has 1 fully saturated rings. The summed E-state index contributed by atoms with van der Waals surface area (Å²) in [6, 6.07) is 0. The van der Waals surface area contributed by atoms with Gasteiger partial charge in [-0.3, -0.25) is 9.59 Å². The monoisotopic (exact) mass is 242 g/mol. The highest BCUT2D eigenvalue weighted by atomic mass is 16.5. The van der Waals surface area contributed by atoms with Gasteiger partial charge in [0.2, 0.25) is 5.91 Å². The minimum atomic E-state index is -0.323. The van der Waals surface area contributed by atoms with Crippen molar-refractivity contribution in [3.8, 4) is 0 Å². The van der Waals surface area contributed by atoms with Crippen LogP contribution >= 0.6 is 0 Å². The third kappa shape index (κ3) is 3.19. The van der Waals surface area contributed by atoms with Crippen molar-refractivity contribution in [2.75, 3.05) is 26.7 Å². The van der Waals surface area contributed by atoms with Gasteiger partial charge in [0.25, 0.3) is 0 Å². The fraction of sp³-hybridized carbons (Fsp3) is 0.833. The smallest absolute Gasteiger partial charge is 0.307 e. The topological polar surface area (TPSA) is 67.4 Å². The lowest BCUT2D eigenvalue weighted by atomic mass is 9.75. The first-order valence-corrected chi connectivity index (χ1v) is 6.09. The number of hydrogen-bond donors (Lipinski definition) is 2. The van der Waals surface area contributed by atoms with Crippen molar-refractivity contribution in [3.05, 3.63) is 0 Å². The van der Waals surface area contributed by atoms with Crippen LogP contribution < -0.4 is 10.6 Å². The zero-order chi connectivity index (χ0) is 12.9. The van der Waals surface area contributed by atoms with Crippen molar-refractivity contribution in [3.63, 3.8) is 0 Å². The van der Waals surface area contributed by atoms with Gasteiger partial charge in [-0.2, -0.15) is 0 Å². The molecule has 1 amide bonds. The van der Waals surface area contributed by atoms with E-state index < -0.39 is 0 Å². The van der Waals surface area contributed by atoms with Crippen LogP contribution in [-0.2, 0) is 14.3 Å². The van der Waals surface area contributed by atoms with Crippen LogP contribution in [0, 0.1) is 11.3 Å². The second kappa shape index (κ2) is 6.00. The Morgan fingerprint density at radius 2 is 2.18 bits per heavy atom. The summed E-state index contributed by atoms with van der Waals surface area (Å²) >= 11 is 0. The fourth-order valence-electron chi connectivity index (χ4n) is 2.22. The minimum absolute atomic E-state index is 0.0430. The van der Waals surface area contributed by atoms with Gasteiger partial charge in [0.1, 0.15) is 0 Å². The second-order valence-electron chi connectivity index (χ2n) is 4.82. The van der Waals surface area contributed by atoms with E-state index in [9.17, 15) is 9.59 Å². The SMILES string of the molecule is COC(=O)CCNC(=O)C1(C(C)C)CCNC1. The van der Waals surface area contributed by atoms with E-state index in [1.807, 2.05) is 0 Å². The number of carbonyl (C=O) groups is 2. The predicted octanol–water partition coefficient (Wildman–Crippen LogP) is 0.301. The third-order valence-corrected chi connectivity index (χ3v) is 3.59. The molecule has 0 radical (unpaired) electrons. The Bertz CT molecular complexity index is 283. The molecule has 1 heterocycles. The molecule has 2 N–H and O–H groups in total. The number of amides is 1. The number of ether oxygens (including phenoxy) is 1. The maximum Gasteiger partial charge on any atom is 0.307 e. The number of hydrogen-bond acceptors (Lipinski definition) is 4. The first-order valence-electron chi connectivity index (χ1n) is 6.09. The summed E-state index contributed by atoms with van der Waals surface area (Å²) in [4.78, 5) is 23.1. The molecule has 98 valence electrons. The molecular weight excluding hydrogens is 220 g/mol. The summed E-state index contributed by atoms with van der Waals surface area (Å²) in [5, 5.41) is 6.07. The van der Waals surface area contributed by atoms with Crippen molar-refractivity contribution in [2.24, 2.45) is 11.3 Å². The Hall–Kier alpha value is -1.10. The summed E-state index contributed by atoms with van der Waals surface area (Å²) in [6.45, 7) is 6.07. The van der Waals surface area contributed by atoms with Crippen molar-refractivity contribution >= 4 is 11.9 Å². The van der Waals surface area contributed by atoms with E-state index in [1.54, 1.807) is 0 Å². The van der Waals surface area contributed by atoms with Gasteiger partial charge in [-0.05, 0) is 18.9 Å². The Morgan fingerprint density at radius 1 is 1.47 bits per heavy atom. The fourth-order valence-corrected chi connectivity index (χ4v) is 2.22. The molecule has 0 bridgehead atoms. The standard InChI is InChI=1S/C12H22N2O3/c1-9(2)12(5-7-13-8-12)11(16)14-6-4-10(15)17-3/h9,13H,4-8H2,1-3H3,(H,14,16). The average molecular weight is 242 g/mol. The first kappa shape index (κ1) is 14.0. The lowest BCUT2D eigenvalue weighted by Crippen LogP contribution is -2.46. The van der Waals surface area contributed by atoms with Gasteiger partial charge in [0.05, 0.1) is 18.9 Å². The van der Waals surface area contributed by atoms with Gasteiger partial charge in [-0.25, -0.2) is 0 Å². The maximum absolute atomic E-state index is 12.2. The zero-order valence-corrected chi connectivity index (χ0v) is 10.8. The summed E-state index contributed by atoms with van der Waals surface area (Å²) in [6.07, 6.45) is 1.08. The Balaban J connectivity index is 2.47. The number of nitrogens with one attached hydrogen (secondary N) is 2. The summed E-state index contributed by atoms with van der Waals surface area (Å²) in [7, 11) is 1.35. The van der Waals surface area contributed by atoms with Gasteiger partial charge in [0, 0.05) is 13.1 Å². The summed E-state index contributed by atoms with van der Waals surface area (Å²) in [5.74, 6) is 0.0328. The van der Waals surface area contributed by atoms with Crippen molar-refractivity contribution in [1.82, 2.24) is 10.6 Å². The molecule has 0 saturated carbocycles. The largest absolute Gasteiger partial charge is 0.469 e. The summed E-state index contributed by atoms with van der Waals surface area (Å²) < 4.78 is 4.53. The van der Waals surface area contributed by atoms with Crippen LogP contribution in [0.4, 0.5) is 0 Å². The Kier molecular flexibility index (Phi) is 4.93. The Labute approximate surface area is 102 Å². The van der Waals surface area contributed by atoms with Crippen LogP contribution in [0.1, 0.15) is 26.7 Å². The average Bonchev–Trinajstić information content (AvgIpc) is 2.78.